The number of aromatic amines is 1. The number of nitrogens with one attached hydrogen (secondary N) is 2. The van der Waals surface area contributed by atoms with Crippen molar-refractivity contribution in [3.8, 4) is 0 Å². The third kappa shape index (κ3) is 3.24. The summed E-state index contributed by atoms with van der Waals surface area (Å²) in [7, 11) is 1.66. The molecule has 1 saturated heterocycles. The molecule has 124 valence electrons. The normalized spacial score (nSPS) is 20.8. The summed E-state index contributed by atoms with van der Waals surface area (Å²) < 4.78 is 18.4. The third-order valence-electron chi connectivity index (χ3n) is 3.84. The first-order valence-electron chi connectivity index (χ1n) is 7.55. The molecule has 1 aliphatic rings. The number of aromatic nitrogens is 4. The lowest BCUT2D eigenvalue weighted by molar-refractivity contribution is 0.0774. The van der Waals surface area contributed by atoms with E-state index < -0.39 is 6.17 Å². The fourth-order valence-electron chi connectivity index (χ4n) is 2.60. The van der Waals surface area contributed by atoms with Crippen molar-refractivity contribution in [1.29, 1.82) is 0 Å². The average molecular weight is 322 g/mol. The summed E-state index contributed by atoms with van der Waals surface area (Å²) in [6.07, 6.45) is 1.36. The van der Waals surface area contributed by atoms with Crippen LogP contribution in [0.1, 0.15) is 47.3 Å². The van der Waals surface area contributed by atoms with Crippen LogP contribution in [0, 0.1) is 0 Å². The van der Waals surface area contributed by atoms with Crippen LogP contribution >= 0.6 is 0 Å². The number of alkyl halides is 1. The van der Waals surface area contributed by atoms with Crippen molar-refractivity contribution < 1.29 is 13.6 Å². The molecule has 0 aliphatic carbocycles. The predicted molar refractivity (Wildman–Crippen MR) is 78.3 cm³/mol. The van der Waals surface area contributed by atoms with Gasteiger partial charge in [-0.25, -0.2) is 14.4 Å². The molecule has 0 unspecified atom stereocenters. The van der Waals surface area contributed by atoms with E-state index in [0.29, 0.717) is 42.5 Å². The molecular formula is C14H19FN6O2. The predicted octanol–water partition coefficient (Wildman–Crippen LogP) is 1.000. The molecule has 2 N–H and O–H groups in total. The Morgan fingerprint density at radius 1 is 1.57 bits per heavy atom. The minimum Gasteiger partial charge on any atom is -0.448 e. The molecule has 1 fully saturated rings. The highest BCUT2D eigenvalue weighted by atomic mass is 19.1. The van der Waals surface area contributed by atoms with Crippen molar-refractivity contribution >= 4 is 5.91 Å². The summed E-state index contributed by atoms with van der Waals surface area (Å²) in [4.78, 5) is 22.2. The first-order valence-corrected chi connectivity index (χ1v) is 7.55. The number of halogens is 1. The number of oxazole rings is 1. The first-order chi connectivity index (χ1) is 11.1. The molecule has 8 nitrogen and oxygen atoms in total. The quantitative estimate of drug-likeness (QED) is 0.852. The highest BCUT2D eigenvalue weighted by molar-refractivity contribution is 5.92. The number of carbonyl (C=O) groups excluding carboxylic acids is 1. The van der Waals surface area contributed by atoms with Crippen molar-refractivity contribution in [2.75, 3.05) is 13.6 Å². The number of hydrogen-bond acceptors (Lipinski definition) is 6. The number of aryl methyl sites for hydroxylation is 1. The van der Waals surface area contributed by atoms with E-state index in [4.69, 9.17) is 4.42 Å². The second-order valence-corrected chi connectivity index (χ2v) is 5.57. The van der Waals surface area contributed by atoms with Crippen molar-refractivity contribution in [2.24, 2.45) is 0 Å². The molecule has 2 atom stereocenters. The van der Waals surface area contributed by atoms with Crippen LogP contribution in [-0.2, 0) is 13.0 Å². The zero-order valence-corrected chi connectivity index (χ0v) is 13.0. The van der Waals surface area contributed by atoms with Gasteiger partial charge in [0.15, 0.2) is 17.9 Å². The van der Waals surface area contributed by atoms with E-state index in [1.807, 2.05) is 6.92 Å². The summed E-state index contributed by atoms with van der Waals surface area (Å²) in [6, 6.07) is -0.182. The monoisotopic (exact) mass is 322 g/mol. The molecular weight excluding hydrogens is 303 g/mol. The molecule has 0 radical (unpaired) electrons. The Morgan fingerprint density at radius 3 is 3.09 bits per heavy atom. The topological polar surface area (TPSA) is 99.9 Å². The molecule has 0 spiro atoms. The maximum absolute atomic E-state index is 13.2. The lowest BCUT2D eigenvalue weighted by Gasteiger charge is -2.14. The minimum absolute atomic E-state index is 0.182. The van der Waals surface area contributed by atoms with Crippen LogP contribution in [0.2, 0.25) is 0 Å². The number of rotatable bonds is 5. The molecule has 1 aliphatic heterocycles. The molecule has 3 heterocycles. The third-order valence-corrected chi connectivity index (χ3v) is 3.84. The summed E-state index contributed by atoms with van der Waals surface area (Å²) >= 11 is 0. The molecule has 23 heavy (non-hydrogen) atoms. The van der Waals surface area contributed by atoms with Gasteiger partial charge >= 0.3 is 0 Å². The lowest BCUT2D eigenvalue weighted by atomic mass is 10.2. The van der Waals surface area contributed by atoms with Gasteiger partial charge in [0.2, 0.25) is 0 Å². The van der Waals surface area contributed by atoms with Gasteiger partial charge in [-0.1, -0.05) is 6.92 Å². The van der Waals surface area contributed by atoms with E-state index in [1.54, 1.807) is 7.05 Å². The minimum atomic E-state index is -0.870. The summed E-state index contributed by atoms with van der Waals surface area (Å²) in [6.45, 7) is 2.47. The van der Waals surface area contributed by atoms with E-state index in [9.17, 15) is 9.18 Å². The highest BCUT2D eigenvalue weighted by Crippen LogP contribution is 2.22. The Balaban J connectivity index is 1.65. The van der Waals surface area contributed by atoms with Gasteiger partial charge in [-0.2, -0.15) is 5.10 Å². The van der Waals surface area contributed by atoms with Crippen LogP contribution in [-0.4, -0.2) is 50.7 Å². The molecule has 3 rings (SSSR count). The molecule has 2 aromatic heterocycles. The average Bonchev–Trinajstić information content (AvgIpc) is 3.25. The zero-order valence-electron chi connectivity index (χ0n) is 13.0. The Kier molecular flexibility index (Phi) is 4.37. The summed E-state index contributed by atoms with van der Waals surface area (Å²) in [5.41, 5.74) is 0.312. The van der Waals surface area contributed by atoms with Crippen LogP contribution in [0.25, 0.3) is 0 Å². The van der Waals surface area contributed by atoms with Crippen LogP contribution in [0.4, 0.5) is 4.39 Å². The molecule has 0 saturated carbocycles. The van der Waals surface area contributed by atoms with Crippen LogP contribution in [0.5, 0.6) is 0 Å². The Labute approximate surface area is 132 Å². The van der Waals surface area contributed by atoms with Gasteiger partial charge in [-0.15, -0.1) is 0 Å². The van der Waals surface area contributed by atoms with Gasteiger partial charge in [0.05, 0.1) is 12.6 Å². The molecule has 1 amide bonds. The Hall–Kier alpha value is -2.29. The second kappa shape index (κ2) is 6.45. The summed E-state index contributed by atoms with van der Waals surface area (Å²) in [5, 5.41) is 9.93. The summed E-state index contributed by atoms with van der Waals surface area (Å²) in [5.74, 6) is 1.39. The molecule has 0 aromatic carbocycles. The fourth-order valence-corrected chi connectivity index (χ4v) is 2.60. The van der Waals surface area contributed by atoms with Crippen LogP contribution in [0.3, 0.4) is 0 Å². The van der Waals surface area contributed by atoms with Gasteiger partial charge < -0.3 is 14.6 Å². The fraction of sp³-hybridized carbons (Fsp3) is 0.571. The van der Waals surface area contributed by atoms with E-state index >= 15 is 0 Å². The van der Waals surface area contributed by atoms with Crippen molar-refractivity contribution in [1.82, 2.24) is 30.4 Å². The van der Waals surface area contributed by atoms with Crippen LogP contribution in [0.15, 0.2) is 10.8 Å². The number of carbonyl (C=O) groups is 1. The van der Waals surface area contributed by atoms with E-state index in [1.165, 1.54) is 11.3 Å². The lowest BCUT2D eigenvalue weighted by Crippen LogP contribution is -2.27. The number of H-pyrrole nitrogens is 1. The first kappa shape index (κ1) is 15.6. The largest absolute Gasteiger partial charge is 0.448 e. The second-order valence-electron chi connectivity index (χ2n) is 5.57. The Bertz CT molecular complexity index is 684. The van der Waals surface area contributed by atoms with Crippen LogP contribution < -0.4 is 5.32 Å². The molecule has 9 heteroatoms. The SMILES string of the molecule is CCc1ocnc1C(=O)N(C)Cc1nc([C@H]2C[C@H](F)CN2)n[nH]1. The van der Waals surface area contributed by atoms with Crippen molar-refractivity contribution in [2.45, 2.75) is 38.5 Å². The number of amides is 1. The maximum atomic E-state index is 13.2. The number of nitrogens with zero attached hydrogens (tertiary/aromatic N) is 4. The van der Waals surface area contributed by atoms with Gasteiger partial charge in [0, 0.05) is 26.4 Å². The van der Waals surface area contributed by atoms with Crippen molar-refractivity contribution in [3.05, 3.63) is 29.5 Å². The standard InChI is InChI=1S/C14H19FN6O2/c1-3-10-12(17-7-23-10)14(22)21(2)6-11-18-13(20-19-11)9-4-8(15)5-16-9/h7-9,16H,3-6H2,1-2H3,(H,18,19,20)/t8-,9+/m0/s1. The smallest absolute Gasteiger partial charge is 0.276 e. The van der Waals surface area contributed by atoms with E-state index in [0.717, 1.165) is 0 Å². The van der Waals surface area contributed by atoms with E-state index in [-0.39, 0.29) is 18.5 Å². The maximum Gasteiger partial charge on any atom is 0.276 e. The van der Waals surface area contributed by atoms with Gasteiger partial charge in [0.25, 0.3) is 5.91 Å². The highest BCUT2D eigenvalue weighted by Gasteiger charge is 2.28. The van der Waals surface area contributed by atoms with Crippen molar-refractivity contribution in [3.63, 3.8) is 0 Å². The Morgan fingerprint density at radius 2 is 2.39 bits per heavy atom. The zero-order chi connectivity index (χ0) is 16.4. The van der Waals surface area contributed by atoms with Gasteiger partial charge in [0.1, 0.15) is 17.8 Å². The van der Waals surface area contributed by atoms with E-state index in [2.05, 4.69) is 25.5 Å². The molecule has 2 aromatic rings. The number of hydrogen-bond donors (Lipinski definition) is 2. The van der Waals surface area contributed by atoms with Gasteiger partial charge in [-0.05, 0) is 0 Å². The molecule has 0 bridgehead atoms. The van der Waals surface area contributed by atoms with Gasteiger partial charge in [-0.3, -0.25) is 9.89 Å².